The Morgan fingerprint density at radius 1 is 0.955 bits per heavy atom. The predicted octanol–water partition coefficient (Wildman–Crippen LogP) is 5.40. The van der Waals surface area contributed by atoms with Crippen LogP contribution in [0.15, 0.2) is 41.3 Å². The zero-order valence-electron chi connectivity index (χ0n) is 12.1. The van der Waals surface area contributed by atoms with E-state index < -0.39 is 0 Å². The van der Waals surface area contributed by atoms with E-state index in [0.717, 1.165) is 47.3 Å². The summed E-state index contributed by atoms with van der Waals surface area (Å²) in [6, 6.07) is 12.2. The van der Waals surface area contributed by atoms with Crippen LogP contribution in [0, 0.1) is 0 Å². The van der Waals surface area contributed by atoms with Crippen molar-refractivity contribution in [3.63, 3.8) is 0 Å². The molecule has 0 aliphatic carbocycles. The summed E-state index contributed by atoms with van der Waals surface area (Å²) >= 11 is 14.5. The van der Waals surface area contributed by atoms with Gasteiger partial charge >= 0.3 is 0 Å². The molecule has 0 atom stereocenters. The summed E-state index contributed by atoms with van der Waals surface area (Å²) < 4.78 is 0. The van der Waals surface area contributed by atoms with Crippen molar-refractivity contribution >= 4 is 47.4 Å². The average molecular weight is 375 g/mol. The maximum atomic E-state index is 6.45. The Kier molecular flexibility index (Phi) is 6.91. The van der Waals surface area contributed by atoms with Gasteiger partial charge in [0, 0.05) is 15.7 Å². The first-order valence-corrected chi connectivity index (χ1v) is 8.87. The first-order chi connectivity index (χ1) is 10.3. The Morgan fingerprint density at radius 2 is 1.73 bits per heavy atom. The maximum absolute atomic E-state index is 6.45. The molecule has 2 aromatic carbocycles. The van der Waals surface area contributed by atoms with Gasteiger partial charge in [0.15, 0.2) is 0 Å². The van der Waals surface area contributed by atoms with Crippen molar-refractivity contribution in [2.75, 3.05) is 13.1 Å². The van der Waals surface area contributed by atoms with Gasteiger partial charge in [-0.3, -0.25) is 0 Å². The molecule has 1 nitrogen and oxygen atoms in total. The molecule has 5 heteroatoms. The van der Waals surface area contributed by atoms with Gasteiger partial charge in [-0.2, -0.15) is 0 Å². The van der Waals surface area contributed by atoms with Crippen LogP contribution in [0.3, 0.4) is 0 Å². The quantitative estimate of drug-likeness (QED) is 0.722. The largest absolute Gasteiger partial charge is 0.316 e. The third kappa shape index (κ3) is 4.12. The van der Waals surface area contributed by atoms with Crippen LogP contribution in [0.5, 0.6) is 0 Å². The van der Waals surface area contributed by atoms with Crippen LogP contribution >= 0.6 is 47.4 Å². The van der Waals surface area contributed by atoms with Crippen LogP contribution in [-0.2, 0) is 18.6 Å². The van der Waals surface area contributed by atoms with E-state index in [1.165, 1.54) is 16.0 Å². The molecule has 22 heavy (non-hydrogen) atoms. The summed E-state index contributed by atoms with van der Waals surface area (Å²) in [4.78, 5) is 1.22. The molecule has 118 valence electrons. The number of hydrogen-bond donors (Lipinski definition) is 1. The van der Waals surface area contributed by atoms with E-state index in [4.69, 9.17) is 23.2 Å². The Morgan fingerprint density at radius 3 is 2.55 bits per heavy atom. The van der Waals surface area contributed by atoms with Crippen LogP contribution in [0.25, 0.3) is 0 Å². The summed E-state index contributed by atoms with van der Waals surface area (Å²) in [6.45, 7) is 2.07. The van der Waals surface area contributed by atoms with Gasteiger partial charge in [0.2, 0.25) is 0 Å². The molecule has 0 bridgehead atoms. The lowest BCUT2D eigenvalue weighted by molar-refractivity contribution is 0.709. The van der Waals surface area contributed by atoms with Crippen molar-refractivity contribution in [3.8, 4) is 0 Å². The molecular weight excluding hydrogens is 357 g/mol. The second-order valence-electron chi connectivity index (χ2n) is 5.14. The van der Waals surface area contributed by atoms with Gasteiger partial charge in [0.05, 0.1) is 5.02 Å². The van der Waals surface area contributed by atoms with Crippen LogP contribution in [0.1, 0.15) is 16.7 Å². The standard InChI is InChI=1S/C17H17Cl2NS.ClH/c18-15-4-2-1-3-13(15)11-21-17-14-8-10-20-9-7-12(14)5-6-16(17)19;/h1-6,20H,7-11H2;1H. The topological polar surface area (TPSA) is 12.0 Å². The highest BCUT2D eigenvalue weighted by Crippen LogP contribution is 2.36. The van der Waals surface area contributed by atoms with E-state index in [2.05, 4.69) is 17.4 Å². The van der Waals surface area contributed by atoms with Crippen LogP contribution in [0.4, 0.5) is 0 Å². The third-order valence-corrected chi connectivity index (χ3v) is 5.77. The fourth-order valence-electron chi connectivity index (χ4n) is 2.63. The first kappa shape index (κ1) is 18.0. The average Bonchev–Trinajstić information content (AvgIpc) is 2.73. The van der Waals surface area contributed by atoms with Gasteiger partial charge in [-0.1, -0.05) is 47.5 Å². The number of benzene rings is 2. The summed E-state index contributed by atoms with van der Waals surface area (Å²) in [5, 5.41) is 5.13. The minimum absolute atomic E-state index is 0. The van der Waals surface area contributed by atoms with Crippen molar-refractivity contribution in [2.24, 2.45) is 0 Å². The second-order valence-corrected chi connectivity index (χ2v) is 6.94. The molecule has 3 rings (SSSR count). The van der Waals surface area contributed by atoms with Gasteiger partial charge in [0.25, 0.3) is 0 Å². The number of hydrogen-bond acceptors (Lipinski definition) is 2. The molecule has 1 aliphatic heterocycles. The number of nitrogens with one attached hydrogen (secondary N) is 1. The van der Waals surface area contributed by atoms with Gasteiger partial charge < -0.3 is 5.32 Å². The molecule has 0 amide bonds. The smallest absolute Gasteiger partial charge is 0.0544 e. The summed E-state index contributed by atoms with van der Waals surface area (Å²) in [7, 11) is 0. The molecule has 2 aromatic rings. The molecule has 0 unspecified atom stereocenters. The normalized spacial score (nSPS) is 13.9. The minimum Gasteiger partial charge on any atom is -0.316 e. The Bertz CT molecular complexity index is 646. The molecule has 1 heterocycles. The zero-order valence-corrected chi connectivity index (χ0v) is 15.2. The number of thioether (sulfide) groups is 1. The lowest BCUT2D eigenvalue weighted by Crippen LogP contribution is -2.16. The van der Waals surface area contributed by atoms with Crippen LogP contribution < -0.4 is 5.32 Å². The van der Waals surface area contributed by atoms with E-state index in [1.54, 1.807) is 11.8 Å². The number of fused-ring (bicyclic) bond motifs is 1. The highest BCUT2D eigenvalue weighted by atomic mass is 35.5. The van der Waals surface area contributed by atoms with Crippen molar-refractivity contribution in [1.29, 1.82) is 0 Å². The van der Waals surface area contributed by atoms with E-state index in [9.17, 15) is 0 Å². The van der Waals surface area contributed by atoms with Crippen LogP contribution in [-0.4, -0.2) is 13.1 Å². The summed E-state index contributed by atoms with van der Waals surface area (Å²) in [5.74, 6) is 0.850. The minimum atomic E-state index is 0. The lowest BCUT2D eigenvalue weighted by atomic mass is 10.0. The van der Waals surface area contributed by atoms with Gasteiger partial charge in [0.1, 0.15) is 0 Å². The monoisotopic (exact) mass is 373 g/mol. The Balaban J connectivity index is 0.00000176. The molecule has 0 fully saturated rings. The van der Waals surface area contributed by atoms with Crippen molar-refractivity contribution < 1.29 is 0 Å². The first-order valence-electron chi connectivity index (χ1n) is 7.13. The Hall–Kier alpha value is -0.380. The summed E-state index contributed by atoms with van der Waals surface area (Å²) in [5.41, 5.74) is 3.99. The van der Waals surface area contributed by atoms with Gasteiger partial charge in [-0.25, -0.2) is 0 Å². The molecule has 1 aliphatic rings. The Labute approximate surface area is 152 Å². The molecule has 0 radical (unpaired) electrons. The van der Waals surface area contributed by atoms with Gasteiger partial charge in [-0.05, 0) is 54.8 Å². The summed E-state index contributed by atoms with van der Waals surface area (Å²) in [6.07, 6.45) is 2.12. The highest BCUT2D eigenvalue weighted by Gasteiger charge is 2.15. The lowest BCUT2D eigenvalue weighted by Gasteiger charge is -2.14. The number of rotatable bonds is 3. The fourth-order valence-corrected chi connectivity index (χ4v) is 4.42. The third-order valence-electron chi connectivity index (χ3n) is 3.76. The van der Waals surface area contributed by atoms with E-state index in [0.29, 0.717) is 0 Å². The van der Waals surface area contributed by atoms with Crippen molar-refractivity contribution in [1.82, 2.24) is 5.32 Å². The zero-order chi connectivity index (χ0) is 14.7. The fraction of sp³-hybridized carbons (Fsp3) is 0.294. The second kappa shape index (κ2) is 8.47. The molecular formula is C17H18Cl3NS. The van der Waals surface area contributed by atoms with Crippen molar-refractivity contribution in [3.05, 3.63) is 63.1 Å². The van der Waals surface area contributed by atoms with E-state index >= 15 is 0 Å². The predicted molar refractivity (Wildman–Crippen MR) is 100.0 cm³/mol. The molecule has 0 saturated heterocycles. The molecule has 0 aromatic heterocycles. The van der Waals surface area contributed by atoms with E-state index in [1.807, 2.05) is 24.3 Å². The number of halogens is 3. The van der Waals surface area contributed by atoms with Gasteiger partial charge in [-0.15, -0.1) is 24.2 Å². The highest BCUT2D eigenvalue weighted by molar-refractivity contribution is 7.98. The van der Waals surface area contributed by atoms with Crippen molar-refractivity contribution in [2.45, 2.75) is 23.5 Å². The SMILES string of the molecule is Cl.Clc1ccccc1CSc1c(Cl)ccc2c1CCNCC2. The molecule has 0 spiro atoms. The van der Waals surface area contributed by atoms with E-state index in [-0.39, 0.29) is 12.4 Å². The van der Waals surface area contributed by atoms with Crippen LogP contribution in [0.2, 0.25) is 10.0 Å². The maximum Gasteiger partial charge on any atom is 0.0544 e. The molecule has 1 N–H and O–H groups in total. The molecule has 0 saturated carbocycles.